The molecule has 9 heteroatoms. The predicted molar refractivity (Wildman–Crippen MR) is 113 cm³/mol. The van der Waals surface area contributed by atoms with Crippen molar-refractivity contribution in [3.05, 3.63) is 65.2 Å². The molecule has 1 aliphatic heterocycles. The topological polar surface area (TPSA) is 60.1 Å². The lowest BCUT2D eigenvalue weighted by molar-refractivity contribution is 0.196. The molecule has 0 aliphatic carbocycles. The largest absolute Gasteiger partial charge is 0.283 e. The fourth-order valence-corrected chi connectivity index (χ4v) is 5.64. The molecular formula is C20H21FN4O2S2. The van der Waals surface area contributed by atoms with Crippen LogP contribution in [0.2, 0.25) is 0 Å². The summed E-state index contributed by atoms with van der Waals surface area (Å²) in [6, 6.07) is 15.7. The molecule has 0 spiro atoms. The van der Waals surface area contributed by atoms with Crippen molar-refractivity contribution >= 4 is 22.1 Å². The zero-order valence-corrected chi connectivity index (χ0v) is 17.5. The molecule has 1 unspecified atom stereocenters. The lowest BCUT2D eigenvalue weighted by Gasteiger charge is -2.22. The minimum atomic E-state index is -2.97. The second kappa shape index (κ2) is 7.81. The predicted octanol–water partition coefficient (Wildman–Crippen LogP) is 3.29. The number of aromatic nitrogens is 3. The molecule has 6 nitrogen and oxygen atoms in total. The van der Waals surface area contributed by atoms with E-state index in [0.29, 0.717) is 29.4 Å². The Morgan fingerprint density at radius 2 is 1.86 bits per heavy atom. The zero-order chi connectivity index (χ0) is 20.6. The number of sulfone groups is 1. The van der Waals surface area contributed by atoms with Gasteiger partial charge in [0.15, 0.2) is 15.7 Å². The van der Waals surface area contributed by atoms with Gasteiger partial charge >= 0.3 is 0 Å². The molecule has 1 atom stereocenters. The Bertz CT molecular complexity index is 1170. The number of hydrogen-bond acceptors (Lipinski definition) is 5. The maximum atomic E-state index is 13.4. The summed E-state index contributed by atoms with van der Waals surface area (Å²) in [5.74, 6) is 0.694. The van der Waals surface area contributed by atoms with E-state index >= 15 is 0 Å². The van der Waals surface area contributed by atoms with E-state index in [4.69, 9.17) is 17.3 Å². The molecule has 0 saturated carbocycles. The van der Waals surface area contributed by atoms with E-state index in [1.54, 1.807) is 16.8 Å². The van der Waals surface area contributed by atoms with Crippen molar-refractivity contribution < 1.29 is 12.8 Å². The monoisotopic (exact) mass is 432 g/mol. The number of hydrogen-bond donors (Lipinski definition) is 0. The molecule has 0 N–H and O–H groups in total. The van der Waals surface area contributed by atoms with Crippen LogP contribution in [-0.4, -0.2) is 52.3 Å². The van der Waals surface area contributed by atoms with Gasteiger partial charge in [0.25, 0.3) is 0 Å². The first-order chi connectivity index (χ1) is 13.8. The standard InChI is InChI=1S/C20H21FN4O2S2/c1-23(18-11-12-29(26,27)13-18)14-24-20(28)25(17-9-7-16(21)8-10-17)19(22-24)15-5-3-2-4-6-15/h2-10,18H,11-14H2,1H3. The van der Waals surface area contributed by atoms with Crippen molar-refractivity contribution in [2.45, 2.75) is 19.1 Å². The van der Waals surface area contributed by atoms with Gasteiger partial charge in [0.1, 0.15) is 5.82 Å². The summed E-state index contributed by atoms with van der Waals surface area (Å²) in [5.41, 5.74) is 1.60. The van der Waals surface area contributed by atoms with E-state index in [9.17, 15) is 12.8 Å². The third kappa shape index (κ3) is 4.17. The molecule has 29 heavy (non-hydrogen) atoms. The molecule has 2 aromatic carbocycles. The van der Waals surface area contributed by atoms with Crippen LogP contribution in [0.15, 0.2) is 54.6 Å². The lowest BCUT2D eigenvalue weighted by atomic mass is 10.2. The van der Waals surface area contributed by atoms with Crippen LogP contribution in [0.4, 0.5) is 4.39 Å². The highest BCUT2D eigenvalue weighted by Gasteiger charge is 2.31. The van der Waals surface area contributed by atoms with Crippen molar-refractivity contribution in [1.82, 2.24) is 19.2 Å². The Morgan fingerprint density at radius 1 is 1.17 bits per heavy atom. The van der Waals surface area contributed by atoms with Gasteiger partial charge < -0.3 is 0 Å². The van der Waals surface area contributed by atoms with E-state index in [1.165, 1.54) is 12.1 Å². The average molecular weight is 433 g/mol. The van der Waals surface area contributed by atoms with Crippen molar-refractivity contribution in [2.75, 3.05) is 18.6 Å². The summed E-state index contributed by atoms with van der Waals surface area (Å²) < 4.78 is 41.0. The summed E-state index contributed by atoms with van der Waals surface area (Å²) in [5, 5.41) is 4.72. The Morgan fingerprint density at radius 3 is 2.48 bits per heavy atom. The quantitative estimate of drug-likeness (QED) is 0.579. The van der Waals surface area contributed by atoms with Crippen molar-refractivity contribution in [1.29, 1.82) is 0 Å². The average Bonchev–Trinajstić information content (AvgIpc) is 3.23. The Balaban J connectivity index is 1.74. The van der Waals surface area contributed by atoms with Gasteiger partial charge in [-0.05, 0) is 50.0 Å². The molecule has 4 rings (SSSR count). The van der Waals surface area contributed by atoms with Crippen molar-refractivity contribution in [3.63, 3.8) is 0 Å². The first kappa shape index (κ1) is 19.9. The molecule has 1 saturated heterocycles. The summed E-state index contributed by atoms with van der Waals surface area (Å²) in [6.07, 6.45) is 0.608. The van der Waals surface area contributed by atoms with E-state index < -0.39 is 9.84 Å². The van der Waals surface area contributed by atoms with Gasteiger partial charge in [0, 0.05) is 11.6 Å². The summed E-state index contributed by atoms with van der Waals surface area (Å²) in [6.45, 7) is 0.368. The molecule has 152 valence electrons. The van der Waals surface area contributed by atoms with E-state index in [-0.39, 0.29) is 23.4 Å². The van der Waals surface area contributed by atoms with Gasteiger partial charge in [0.2, 0.25) is 4.77 Å². The third-order valence-corrected chi connectivity index (χ3v) is 7.29. The normalized spacial score (nSPS) is 18.4. The molecule has 1 fully saturated rings. The van der Waals surface area contributed by atoms with Gasteiger partial charge in [-0.2, -0.15) is 0 Å². The summed E-state index contributed by atoms with van der Waals surface area (Å²) in [7, 11) is -1.09. The van der Waals surface area contributed by atoms with E-state index in [2.05, 4.69) is 0 Å². The summed E-state index contributed by atoms with van der Waals surface area (Å²) in [4.78, 5) is 1.97. The van der Waals surface area contributed by atoms with Crippen molar-refractivity contribution in [2.24, 2.45) is 0 Å². The Hall–Kier alpha value is -2.36. The van der Waals surface area contributed by atoms with Crippen LogP contribution in [0.5, 0.6) is 0 Å². The SMILES string of the molecule is CN(Cn1nc(-c2ccccc2)n(-c2ccc(F)cc2)c1=S)C1CCS(=O)(=O)C1. The maximum Gasteiger partial charge on any atom is 0.204 e. The first-order valence-electron chi connectivity index (χ1n) is 9.26. The van der Waals surface area contributed by atoms with Crippen LogP contribution in [0.1, 0.15) is 6.42 Å². The van der Waals surface area contributed by atoms with Crippen LogP contribution < -0.4 is 0 Å². The first-order valence-corrected chi connectivity index (χ1v) is 11.5. The Kier molecular flexibility index (Phi) is 5.37. The fraction of sp³-hybridized carbons (Fsp3) is 0.300. The zero-order valence-electron chi connectivity index (χ0n) is 15.9. The van der Waals surface area contributed by atoms with Gasteiger partial charge in [-0.25, -0.2) is 17.5 Å². The minimum absolute atomic E-state index is 0.0574. The highest BCUT2D eigenvalue weighted by Crippen LogP contribution is 2.24. The second-order valence-corrected chi connectivity index (χ2v) is 9.83. The molecule has 0 amide bonds. The summed E-state index contributed by atoms with van der Waals surface area (Å²) >= 11 is 5.69. The highest BCUT2D eigenvalue weighted by atomic mass is 32.2. The highest BCUT2D eigenvalue weighted by molar-refractivity contribution is 7.91. The lowest BCUT2D eigenvalue weighted by Crippen LogP contribution is -2.34. The number of rotatable bonds is 5. The molecule has 1 aromatic heterocycles. The number of nitrogens with zero attached hydrogens (tertiary/aromatic N) is 4. The molecule has 2 heterocycles. The van der Waals surface area contributed by atoms with Crippen LogP contribution in [-0.2, 0) is 16.5 Å². The number of halogens is 1. The van der Waals surface area contributed by atoms with Crippen molar-refractivity contribution in [3.8, 4) is 17.1 Å². The van der Waals surface area contributed by atoms with Gasteiger partial charge in [-0.15, -0.1) is 5.10 Å². The maximum absolute atomic E-state index is 13.4. The van der Waals surface area contributed by atoms with Gasteiger partial charge in [-0.3, -0.25) is 9.47 Å². The molecule has 0 radical (unpaired) electrons. The third-order valence-electron chi connectivity index (χ3n) is 5.14. The fourth-order valence-electron chi connectivity index (χ4n) is 3.55. The molecule has 0 bridgehead atoms. The smallest absolute Gasteiger partial charge is 0.204 e. The van der Waals surface area contributed by atoms with E-state index in [1.807, 2.05) is 46.8 Å². The van der Waals surface area contributed by atoms with Crippen LogP contribution >= 0.6 is 12.2 Å². The minimum Gasteiger partial charge on any atom is -0.283 e. The van der Waals surface area contributed by atoms with Crippen LogP contribution in [0, 0.1) is 10.6 Å². The van der Waals surface area contributed by atoms with Gasteiger partial charge in [0.05, 0.1) is 23.9 Å². The van der Waals surface area contributed by atoms with Crippen LogP contribution in [0.25, 0.3) is 17.1 Å². The Labute approximate surface area is 174 Å². The number of benzene rings is 2. The molecule has 1 aliphatic rings. The second-order valence-electron chi connectivity index (χ2n) is 7.24. The van der Waals surface area contributed by atoms with E-state index in [0.717, 1.165) is 5.56 Å². The molecule has 3 aromatic rings. The molecular weight excluding hydrogens is 411 g/mol. The van der Waals surface area contributed by atoms with Gasteiger partial charge in [-0.1, -0.05) is 30.3 Å². The van der Waals surface area contributed by atoms with Crippen LogP contribution in [0.3, 0.4) is 0 Å².